The first kappa shape index (κ1) is 27.6. The van der Waals surface area contributed by atoms with Gasteiger partial charge >= 0.3 is 5.97 Å². The fourth-order valence-electron chi connectivity index (χ4n) is 4.09. The summed E-state index contributed by atoms with van der Waals surface area (Å²) in [4.78, 5) is 11.7. The summed E-state index contributed by atoms with van der Waals surface area (Å²) < 4.78 is 17.7. The van der Waals surface area contributed by atoms with Gasteiger partial charge in [0, 0.05) is 25.4 Å². The number of methoxy groups -OCH3 is 1. The predicted molar refractivity (Wildman–Crippen MR) is 143 cm³/mol. The summed E-state index contributed by atoms with van der Waals surface area (Å²) in [6, 6.07) is 30.9. The van der Waals surface area contributed by atoms with Crippen molar-refractivity contribution in [1.29, 1.82) is 0 Å². The summed E-state index contributed by atoms with van der Waals surface area (Å²) in [5.41, 5.74) is 3.51. The molecule has 0 unspecified atom stereocenters. The molecule has 0 radical (unpaired) electrons. The molecule has 0 heterocycles. The molecular formula is C31H39NO4. The van der Waals surface area contributed by atoms with E-state index in [-0.39, 0.29) is 24.2 Å². The van der Waals surface area contributed by atoms with Gasteiger partial charge in [0.25, 0.3) is 0 Å². The zero-order valence-electron chi connectivity index (χ0n) is 21.5. The van der Waals surface area contributed by atoms with Gasteiger partial charge < -0.3 is 19.5 Å². The Labute approximate surface area is 215 Å². The van der Waals surface area contributed by atoms with Crippen LogP contribution in [0, 0.1) is 0 Å². The van der Waals surface area contributed by atoms with Gasteiger partial charge in [-0.25, -0.2) is 0 Å². The van der Waals surface area contributed by atoms with Crippen LogP contribution in [-0.4, -0.2) is 31.3 Å². The van der Waals surface area contributed by atoms with E-state index in [0.29, 0.717) is 26.1 Å². The lowest BCUT2D eigenvalue weighted by Crippen LogP contribution is -2.41. The molecule has 5 heteroatoms. The van der Waals surface area contributed by atoms with Gasteiger partial charge in [-0.1, -0.05) is 91.0 Å². The summed E-state index contributed by atoms with van der Waals surface area (Å²) in [7, 11) is 1.43. The molecule has 0 aliphatic carbocycles. The fourth-order valence-corrected chi connectivity index (χ4v) is 4.09. The van der Waals surface area contributed by atoms with Crippen molar-refractivity contribution in [2.45, 2.75) is 70.6 Å². The van der Waals surface area contributed by atoms with Crippen molar-refractivity contribution in [3.8, 4) is 0 Å². The first-order chi connectivity index (χ1) is 17.6. The van der Waals surface area contributed by atoms with Crippen LogP contribution in [0.5, 0.6) is 0 Å². The number of carbonyl (C=O) groups is 1. The van der Waals surface area contributed by atoms with Crippen molar-refractivity contribution >= 4 is 5.97 Å². The van der Waals surface area contributed by atoms with Gasteiger partial charge in [0.15, 0.2) is 0 Å². The number of nitrogens with one attached hydrogen (secondary N) is 1. The maximum absolute atomic E-state index is 11.7. The van der Waals surface area contributed by atoms with Gasteiger partial charge in [0.05, 0.1) is 32.5 Å². The first-order valence-electron chi connectivity index (χ1n) is 12.8. The largest absolute Gasteiger partial charge is 0.469 e. The molecule has 0 spiro atoms. The summed E-state index contributed by atoms with van der Waals surface area (Å²) >= 11 is 0. The van der Waals surface area contributed by atoms with Gasteiger partial charge in [-0.15, -0.1) is 0 Å². The molecule has 0 aliphatic heterocycles. The fraction of sp³-hybridized carbons (Fsp3) is 0.387. The van der Waals surface area contributed by atoms with Crippen LogP contribution in [0.15, 0.2) is 91.0 Å². The molecule has 0 saturated carbocycles. The van der Waals surface area contributed by atoms with Gasteiger partial charge in [-0.2, -0.15) is 0 Å². The number of hydrogen-bond donors (Lipinski definition) is 1. The van der Waals surface area contributed by atoms with Crippen LogP contribution in [0.2, 0.25) is 0 Å². The second-order valence-electron chi connectivity index (χ2n) is 9.11. The monoisotopic (exact) mass is 489 g/mol. The molecule has 5 nitrogen and oxygen atoms in total. The number of benzene rings is 3. The summed E-state index contributed by atoms with van der Waals surface area (Å²) in [5.74, 6) is -0.188. The van der Waals surface area contributed by atoms with Gasteiger partial charge in [0.1, 0.15) is 0 Å². The Morgan fingerprint density at radius 2 is 1.31 bits per heavy atom. The van der Waals surface area contributed by atoms with E-state index >= 15 is 0 Å². The molecule has 36 heavy (non-hydrogen) atoms. The first-order valence-corrected chi connectivity index (χ1v) is 12.8. The van der Waals surface area contributed by atoms with Crippen LogP contribution in [0.4, 0.5) is 0 Å². The van der Waals surface area contributed by atoms with E-state index in [9.17, 15) is 4.79 Å². The van der Waals surface area contributed by atoms with Crippen LogP contribution >= 0.6 is 0 Å². The highest BCUT2D eigenvalue weighted by molar-refractivity contribution is 5.68. The lowest BCUT2D eigenvalue weighted by Gasteiger charge is -2.29. The van der Waals surface area contributed by atoms with E-state index in [4.69, 9.17) is 14.2 Å². The van der Waals surface area contributed by atoms with Crippen molar-refractivity contribution in [3.05, 3.63) is 108 Å². The normalized spacial score (nSPS) is 13.6. The van der Waals surface area contributed by atoms with Crippen molar-refractivity contribution in [2.75, 3.05) is 7.11 Å². The van der Waals surface area contributed by atoms with Crippen molar-refractivity contribution in [1.82, 2.24) is 5.32 Å². The highest BCUT2D eigenvalue weighted by Crippen LogP contribution is 2.20. The Hall–Kier alpha value is -2.99. The van der Waals surface area contributed by atoms with Crippen LogP contribution in [0.1, 0.15) is 49.3 Å². The Kier molecular flexibility index (Phi) is 12.2. The average molecular weight is 490 g/mol. The van der Waals surface area contributed by atoms with Gasteiger partial charge in [-0.05, 0) is 36.5 Å². The summed E-state index contributed by atoms with van der Waals surface area (Å²) in [6.45, 7) is 4.00. The molecule has 0 saturated heterocycles. The van der Waals surface area contributed by atoms with E-state index in [2.05, 4.69) is 60.8 Å². The molecule has 3 aromatic rings. The highest BCUT2D eigenvalue weighted by Gasteiger charge is 2.24. The number of esters is 1. The summed E-state index contributed by atoms with van der Waals surface area (Å²) in [6.07, 6.45) is 2.48. The molecule has 0 fully saturated rings. The smallest absolute Gasteiger partial charge is 0.305 e. The average Bonchev–Trinajstić information content (AvgIpc) is 2.93. The molecule has 3 aromatic carbocycles. The Morgan fingerprint density at radius 1 is 0.778 bits per heavy atom. The number of ether oxygens (including phenoxy) is 3. The highest BCUT2D eigenvalue weighted by atomic mass is 16.5. The molecular weight excluding hydrogens is 450 g/mol. The zero-order valence-corrected chi connectivity index (χ0v) is 21.5. The third-order valence-corrected chi connectivity index (χ3v) is 6.29. The van der Waals surface area contributed by atoms with Crippen LogP contribution < -0.4 is 5.32 Å². The molecule has 0 aliphatic rings. The van der Waals surface area contributed by atoms with Gasteiger partial charge in [-0.3, -0.25) is 4.79 Å². The maximum Gasteiger partial charge on any atom is 0.305 e. The molecule has 3 atom stereocenters. The van der Waals surface area contributed by atoms with Crippen molar-refractivity contribution in [3.63, 3.8) is 0 Å². The second-order valence-corrected chi connectivity index (χ2v) is 9.11. The topological polar surface area (TPSA) is 56.8 Å². The number of hydrogen-bond acceptors (Lipinski definition) is 5. The molecule has 0 bridgehead atoms. The minimum absolute atomic E-state index is 0.0448. The third kappa shape index (κ3) is 10.3. The van der Waals surface area contributed by atoms with Crippen LogP contribution in [0.25, 0.3) is 0 Å². The number of carbonyl (C=O) groups excluding carboxylic acids is 1. The quantitative estimate of drug-likeness (QED) is 0.248. The van der Waals surface area contributed by atoms with Crippen molar-refractivity contribution < 1.29 is 19.0 Å². The Balaban J connectivity index is 1.66. The van der Waals surface area contributed by atoms with Crippen LogP contribution in [0.3, 0.4) is 0 Å². The molecule has 0 aromatic heterocycles. The SMILES string of the molecule is COC(=O)CCC[C@H](C[C@H](OCc1ccccc1)[C@H](C)NCc1ccccc1)OCc1ccccc1. The van der Waals surface area contributed by atoms with E-state index in [1.807, 2.05) is 42.5 Å². The van der Waals surface area contributed by atoms with Crippen molar-refractivity contribution in [2.24, 2.45) is 0 Å². The van der Waals surface area contributed by atoms with Gasteiger partial charge in [0.2, 0.25) is 0 Å². The second kappa shape index (κ2) is 15.9. The lowest BCUT2D eigenvalue weighted by atomic mass is 10.0. The number of rotatable bonds is 16. The minimum Gasteiger partial charge on any atom is -0.469 e. The zero-order chi connectivity index (χ0) is 25.4. The van der Waals surface area contributed by atoms with E-state index in [1.54, 1.807) is 0 Å². The third-order valence-electron chi connectivity index (χ3n) is 6.29. The molecule has 1 N–H and O–H groups in total. The standard InChI is InChI=1S/C31H39NO4/c1-25(32-22-26-13-6-3-7-14-26)30(36-24-28-17-10-5-11-18-28)21-29(19-12-20-31(33)34-2)35-23-27-15-8-4-9-16-27/h3-11,13-18,25,29-30,32H,12,19-24H2,1-2H3/t25-,29+,30-/m0/s1. The minimum atomic E-state index is -0.188. The maximum atomic E-state index is 11.7. The van der Waals surface area contributed by atoms with E-state index in [1.165, 1.54) is 12.7 Å². The Bertz CT molecular complexity index is 981. The Morgan fingerprint density at radius 3 is 1.86 bits per heavy atom. The van der Waals surface area contributed by atoms with E-state index in [0.717, 1.165) is 30.5 Å². The van der Waals surface area contributed by atoms with Crippen LogP contribution in [-0.2, 0) is 38.8 Å². The van der Waals surface area contributed by atoms with E-state index < -0.39 is 0 Å². The molecule has 192 valence electrons. The predicted octanol–water partition coefficient (Wildman–Crippen LogP) is 6.07. The lowest BCUT2D eigenvalue weighted by molar-refractivity contribution is -0.140. The molecule has 0 amide bonds. The summed E-state index contributed by atoms with van der Waals surface area (Å²) in [5, 5.41) is 3.64. The molecule has 3 rings (SSSR count).